The molecule has 0 aliphatic carbocycles. The molecule has 0 amide bonds. The van der Waals surface area contributed by atoms with Gasteiger partial charge in [0.15, 0.2) is 0 Å². The molecule has 0 radical (unpaired) electrons. The molecule has 1 aromatic rings. The lowest BCUT2D eigenvalue weighted by Gasteiger charge is -2.26. The number of rotatable bonds is 4. The lowest BCUT2D eigenvalue weighted by atomic mass is 9.90. The maximum Gasteiger partial charge on any atom is 0.306 e. The quantitative estimate of drug-likeness (QED) is 0.764. The van der Waals surface area contributed by atoms with Gasteiger partial charge >= 0.3 is 5.97 Å². The fourth-order valence-electron chi connectivity index (χ4n) is 1.62. The molecule has 0 spiro atoms. The van der Waals surface area contributed by atoms with Crippen LogP contribution in [0.2, 0.25) is 0 Å². The van der Waals surface area contributed by atoms with Crippen LogP contribution in [-0.2, 0) is 15.1 Å². The minimum atomic E-state index is -0.599. The Morgan fingerprint density at radius 3 is 2.22 bits per heavy atom. The fourth-order valence-corrected chi connectivity index (χ4v) is 1.62. The monoisotopic (exact) mass is 249 g/mol. The van der Waals surface area contributed by atoms with E-state index in [-0.39, 0.29) is 11.4 Å². The first-order valence-corrected chi connectivity index (χ1v) is 6.33. The maximum absolute atomic E-state index is 11.8. The first kappa shape index (κ1) is 14.7. The Balaban J connectivity index is 2.58. The summed E-state index contributed by atoms with van der Waals surface area (Å²) in [6, 6.07) is 3.74. The highest BCUT2D eigenvalue weighted by Crippen LogP contribution is 2.26. The van der Waals surface area contributed by atoms with Crippen molar-refractivity contribution in [2.24, 2.45) is 5.41 Å². The summed E-state index contributed by atoms with van der Waals surface area (Å²) in [6.45, 7) is 10.2. The highest BCUT2D eigenvalue weighted by atomic mass is 16.6. The lowest BCUT2D eigenvalue weighted by molar-refractivity contribution is -0.158. The van der Waals surface area contributed by atoms with E-state index in [1.165, 1.54) is 0 Å². The van der Waals surface area contributed by atoms with Gasteiger partial charge in [0.05, 0.1) is 0 Å². The number of hydrogen-bond donors (Lipinski definition) is 0. The molecule has 1 rings (SSSR count). The Labute approximate surface area is 110 Å². The van der Waals surface area contributed by atoms with Crippen molar-refractivity contribution in [1.29, 1.82) is 0 Å². The first-order chi connectivity index (χ1) is 8.21. The number of aromatic nitrogens is 1. The molecule has 0 bridgehead atoms. The number of pyridine rings is 1. The fraction of sp³-hybridized carbons (Fsp3) is 0.600. The van der Waals surface area contributed by atoms with E-state index < -0.39 is 5.60 Å². The van der Waals surface area contributed by atoms with Crippen LogP contribution in [0, 0.1) is 5.41 Å². The van der Waals surface area contributed by atoms with Gasteiger partial charge < -0.3 is 4.74 Å². The van der Waals surface area contributed by atoms with Crippen molar-refractivity contribution >= 4 is 5.97 Å². The molecule has 0 unspecified atom stereocenters. The van der Waals surface area contributed by atoms with Crippen molar-refractivity contribution in [3.05, 3.63) is 30.1 Å². The average molecular weight is 249 g/mol. The van der Waals surface area contributed by atoms with Gasteiger partial charge in [0.25, 0.3) is 0 Å². The van der Waals surface area contributed by atoms with Crippen LogP contribution in [-0.4, -0.2) is 11.0 Å². The first-order valence-electron chi connectivity index (χ1n) is 6.33. The number of carbonyl (C=O) groups excluding carboxylic acids is 1. The standard InChI is InChI=1S/C15H23NO2/c1-14(2,3)9-6-13(17)18-15(4,5)12-7-10-16-11-8-12/h7-8,10-11H,6,9H2,1-5H3. The predicted octanol–water partition coefficient (Wildman–Crippen LogP) is 3.69. The molecule has 1 aromatic heterocycles. The van der Waals surface area contributed by atoms with Crippen molar-refractivity contribution in [3.63, 3.8) is 0 Å². The van der Waals surface area contributed by atoms with Crippen LogP contribution in [0.5, 0.6) is 0 Å². The Morgan fingerprint density at radius 1 is 1.17 bits per heavy atom. The summed E-state index contributed by atoms with van der Waals surface area (Å²) in [4.78, 5) is 15.8. The smallest absolute Gasteiger partial charge is 0.306 e. The van der Waals surface area contributed by atoms with Crippen LogP contribution >= 0.6 is 0 Å². The van der Waals surface area contributed by atoms with E-state index in [4.69, 9.17) is 4.74 Å². The Hall–Kier alpha value is -1.38. The number of hydrogen-bond acceptors (Lipinski definition) is 3. The highest BCUT2D eigenvalue weighted by molar-refractivity contribution is 5.70. The Bertz CT molecular complexity index is 391. The van der Waals surface area contributed by atoms with Crippen molar-refractivity contribution in [3.8, 4) is 0 Å². The third-order valence-electron chi connectivity index (χ3n) is 2.82. The molecule has 1 heterocycles. The third-order valence-corrected chi connectivity index (χ3v) is 2.82. The number of esters is 1. The second-order valence-corrected chi connectivity index (χ2v) is 6.28. The molecular formula is C15H23NO2. The topological polar surface area (TPSA) is 39.2 Å². The molecule has 0 N–H and O–H groups in total. The van der Waals surface area contributed by atoms with Gasteiger partial charge in [0.1, 0.15) is 5.60 Å². The van der Waals surface area contributed by atoms with Gasteiger partial charge in [-0.15, -0.1) is 0 Å². The van der Waals surface area contributed by atoms with Gasteiger partial charge in [-0.05, 0) is 43.4 Å². The van der Waals surface area contributed by atoms with Gasteiger partial charge in [0.2, 0.25) is 0 Å². The molecular weight excluding hydrogens is 226 g/mol. The Morgan fingerprint density at radius 2 is 1.72 bits per heavy atom. The van der Waals surface area contributed by atoms with E-state index in [2.05, 4.69) is 25.8 Å². The highest BCUT2D eigenvalue weighted by Gasteiger charge is 2.25. The largest absolute Gasteiger partial charge is 0.455 e. The number of ether oxygens (including phenoxy) is 1. The maximum atomic E-state index is 11.8. The van der Waals surface area contributed by atoms with E-state index in [0.717, 1.165) is 12.0 Å². The molecule has 3 heteroatoms. The van der Waals surface area contributed by atoms with E-state index in [1.54, 1.807) is 12.4 Å². The van der Waals surface area contributed by atoms with Crippen LogP contribution < -0.4 is 0 Å². The van der Waals surface area contributed by atoms with E-state index in [1.807, 2.05) is 26.0 Å². The second-order valence-electron chi connectivity index (χ2n) is 6.28. The van der Waals surface area contributed by atoms with Crippen molar-refractivity contribution < 1.29 is 9.53 Å². The number of nitrogens with zero attached hydrogens (tertiary/aromatic N) is 1. The van der Waals surface area contributed by atoms with Gasteiger partial charge in [-0.2, -0.15) is 0 Å². The van der Waals surface area contributed by atoms with Crippen molar-refractivity contribution in [2.75, 3.05) is 0 Å². The number of carbonyl (C=O) groups is 1. The summed E-state index contributed by atoms with van der Waals surface area (Å²) < 4.78 is 5.55. The molecule has 0 fully saturated rings. The molecule has 0 saturated heterocycles. The van der Waals surface area contributed by atoms with Gasteiger partial charge in [-0.3, -0.25) is 9.78 Å². The third kappa shape index (κ3) is 4.86. The van der Waals surface area contributed by atoms with Crippen LogP contribution in [0.4, 0.5) is 0 Å². The zero-order valence-corrected chi connectivity index (χ0v) is 12.0. The molecule has 0 saturated carbocycles. The van der Waals surface area contributed by atoms with Gasteiger partial charge in [-0.25, -0.2) is 0 Å². The SMILES string of the molecule is CC(C)(C)CCC(=O)OC(C)(C)c1ccncc1. The van der Waals surface area contributed by atoms with Gasteiger partial charge in [0, 0.05) is 18.8 Å². The molecule has 0 aliphatic heterocycles. The van der Waals surface area contributed by atoms with Crippen LogP contribution in [0.25, 0.3) is 0 Å². The Kier molecular flexibility index (Phi) is 4.49. The minimum Gasteiger partial charge on any atom is -0.455 e. The zero-order valence-electron chi connectivity index (χ0n) is 12.0. The second kappa shape index (κ2) is 5.51. The molecule has 0 aliphatic rings. The van der Waals surface area contributed by atoms with Crippen LogP contribution in [0.15, 0.2) is 24.5 Å². The molecule has 0 atom stereocenters. The van der Waals surface area contributed by atoms with Crippen molar-refractivity contribution in [2.45, 2.75) is 53.1 Å². The zero-order chi connectivity index (χ0) is 13.8. The van der Waals surface area contributed by atoms with E-state index in [0.29, 0.717) is 6.42 Å². The molecule has 0 aromatic carbocycles. The van der Waals surface area contributed by atoms with Crippen molar-refractivity contribution in [1.82, 2.24) is 4.98 Å². The summed E-state index contributed by atoms with van der Waals surface area (Å²) in [6.07, 6.45) is 4.70. The molecule has 3 nitrogen and oxygen atoms in total. The molecule has 100 valence electrons. The van der Waals surface area contributed by atoms with Gasteiger partial charge in [-0.1, -0.05) is 20.8 Å². The summed E-state index contributed by atoms with van der Waals surface area (Å²) in [5, 5.41) is 0. The van der Waals surface area contributed by atoms with E-state index in [9.17, 15) is 4.79 Å². The summed E-state index contributed by atoms with van der Waals surface area (Å²) >= 11 is 0. The average Bonchev–Trinajstić information content (AvgIpc) is 2.26. The van der Waals surface area contributed by atoms with Crippen LogP contribution in [0.1, 0.15) is 53.0 Å². The summed E-state index contributed by atoms with van der Waals surface area (Å²) in [5.74, 6) is -0.147. The van der Waals surface area contributed by atoms with Crippen LogP contribution in [0.3, 0.4) is 0 Å². The molecule has 18 heavy (non-hydrogen) atoms. The lowest BCUT2D eigenvalue weighted by Crippen LogP contribution is -2.26. The van der Waals surface area contributed by atoms with E-state index >= 15 is 0 Å². The predicted molar refractivity (Wildman–Crippen MR) is 72.0 cm³/mol. The summed E-state index contributed by atoms with van der Waals surface area (Å²) in [5.41, 5.74) is 0.513. The normalized spacial score (nSPS) is 12.3. The summed E-state index contributed by atoms with van der Waals surface area (Å²) in [7, 11) is 0. The minimum absolute atomic E-state index is 0.147.